The summed E-state index contributed by atoms with van der Waals surface area (Å²) in [6.45, 7) is -4.77. The number of hydrogen-bond donors (Lipinski definition) is 7. The normalized spacial score (nSPS) is 29.9. The molecule has 4 aromatic rings. The molecular weight excluding hydrogens is 605 g/mol. The monoisotopic (exact) mass is 629 g/mol. The first-order valence-corrected chi connectivity index (χ1v) is 15.6. The van der Waals surface area contributed by atoms with E-state index in [4.69, 9.17) is 37.1 Å². The van der Waals surface area contributed by atoms with Crippen LogP contribution in [0.2, 0.25) is 0 Å². The molecule has 0 bridgehead atoms. The number of rotatable bonds is 8. The summed E-state index contributed by atoms with van der Waals surface area (Å²) in [5, 5.41) is 41.8. The minimum absolute atomic E-state index is 0.00300. The third-order valence-electron chi connectivity index (χ3n) is 6.76. The summed E-state index contributed by atoms with van der Waals surface area (Å²) < 4.78 is 19.6. The van der Waals surface area contributed by atoms with Crippen molar-refractivity contribution in [2.24, 2.45) is 0 Å². The number of hydrogen-bond acceptors (Lipinski definition) is 17. The molecule has 0 aliphatic carbocycles. The van der Waals surface area contributed by atoms with Gasteiger partial charge >= 0.3 is 6.72 Å². The van der Waals surface area contributed by atoms with Crippen LogP contribution >= 0.6 is 18.5 Å². The number of fused-ring (bicyclic) bond motifs is 2. The van der Waals surface area contributed by atoms with Crippen molar-refractivity contribution < 1.29 is 34.0 Å². The summed E-state index contributed by atoms with van der Waals surface area (Å²) in [6.07, 6.45) is -1.78. The molecule has 6 rings (SSSR count). The number of ether oxygens (including phenoxy) is 1. The first-order chi connectivity index (χ1) is 19.6. The highest BCUT2D eigenvalue weighted by Crippen LogP contribution is 2.53. The number of H-pyrrole nitrogens is 1. The molecule has 0 radical (unpaired) electrons. The number of nitrogens with one attached hydrogen (secondary N) is 1. The number of aliphatic hydroxyl groups is 3. The largest absolute Gasteiger partial charge is 0.395 e. The van der Waals surface area contributed by atoms with Gasteiger partial charge in [-0.25, -0.2) is 19.2 Å². The van der Waals surface area contributed by atoms with E-state index in [1.54, 1.807) is 0 Å². The van der Waals surface area contributed by atoms with Crippen molar-refractivity contribution in [3.05, 3.63) is 28.6 Å². The molecule has 2 aliphatic rings. The lowest BCUT2D eigenvalue weighted by molar-refractivity contribution is -0.0121. The molecule has 4 aromatic heterocycles. The third kappa shape index (κ3) is 5.07. The quantitative estimate of drug-likeness (QED) is 0.0972. The number of nitrogens with zero attached hydrogens (tertiary/aromatic N) is 8. The Balaban J connectivity index is 1.17. The van der Waals surface area contributed by atoms with Crippen LogP contribution in [0.4, 0.5) is 11.8 Å². The molecule has 2 saturated heterocycles. The molecule has 22 heteroatoms. The van der Waals surface area contributed by atoms with Crippen LogP contribution in [0, 0.1) is 0 Å². The summed E-state index contributed by atoms with van der Waals surface area (Å²) in [6, 6.07) is 0. The highest BCUT2D eigenvalue weighted by atomic mass is 32.5. The van der Waals surface area contributed by atoms with Crippen LogP contribution in [-0.4, -0.2) is 114 Å². The molecule has 0 spiro atoms. The topological polar surface area (TPSA) is 280 Å². The average molecular weight is 630 g/mol. The number of nitrogen functional groups attached to an aromatic ring is 2. The van der Waals surface area contributed by atoms with Crippen LogP contribution in [0.15, 0.2) is 17.3 Å². The second-order valence-electron chi connectivity index (χ2n) is 9.26. The summed E-state index contributed by atoms with van der Waals surface area (Å²) in [5.74, 6) is -0.553. The number of aliphatic hydroxyl groups excluding tert-OH is 3. The van der Waals surface area contributed by atoms with Gasteiger partial charge in [0.2, 0.25) is 5.95 Å². The van der Waals surface area contributed by atoms with Crippen LogP contribution in [0.5, 0.6) is 0 Å². The fourth-order valence-corrected chi connectivity index (χ4v) is 7.65. The molecule has 8 atom stereocenters. The van der Waals surface area contributed by atoms with Gasteiger partial charge in [-0.15, -0.1) is 16.9 Å². The Bertz CT molecular complexity index is 1700. The minimum atomic E-state index is -4.08. The summed E-state index contributed by atoms with van der Waals surface area (Å²) >= 11 is 6.26. The lowest BCUT2D eigenvalue weighted by Gasteiger charge is -2.27. The van der Waals surface area contributed by atoms with Crippen molar-refractivity contribution in [3.63, 3.8) is 0 Å². The maximum absolute atomic E-state index is 12.2. The van der Waals surface area contributed by atoms with Gasteiger partial charge in [0, 0.05) is 0 Å². The number of imidazole rings is 1. The molecule has 3 unspecified atom stereocenters. The second kappa shape index (κ2) is 10.8. The molecule has 41 heavy (non-hydrogen) atoms. The van der Waals surface area contributed by atoms with Crippen LogP contribution in [0.25, 0.3) is 16.8 Å². The van der Waals surface area contributed by atoms with E-state index in [2.05, 4.69) is 35.3 Å². The van der Waals surface area contributed by atoms with Crippen molar-refractivity contribution in [3.8, 4) is 0 Å². The van der Waals surface area contributed by atoms with Gasteiger partial charge in [0.25, 0.3) is 5.56 Å². The lowest BCUT2D eigenvalue weighted by Crippen LogP contribution is -2.35. The SMILES string of the molecule is Nc1nc2c(nnn2[C@@H]2S[C@H](CO)[C@@H](O)C2OP(O)(=S)OC[C@H]2OCC(c3cnc4c(N)ncnn34)[C@@H]2O)c(=O)[nH]1. The molecule has 9 N–H and O–H groups in total. The molecular formula is C19H24N11O8PS2. The number of nitrogens with two attached hydrogens (primary N) is 2. The second-order valence-corrected chi connectivity index (χ2v) is 13.4. The zero-order valence-corrected chi connectivity index (χ0v) is 23.3. The van der Waals surface area contributed by atoms with Gasteiger partial charge in [-0.3, -0.25) is 14.3 Å². The number of anilines is 2. The minimum Gasteiger partial charge on any atom is -0.395 e. The van der Waals surface area contributed by atoms with Gasteiger partial charge in [0.15, 0.2) is 22.6 Å². The predicted octanol–water partition coefficient (Wildman–Crippen LogP) is -2.75. The Hall–Kier alpha value is -2.85. The molecule has 0 aromatic carbocycles. The molecule has 220 valence electrons. The zero-order valence-electron chi connectivity index (χ0n) is 20.7. The Kier molecular flexibility index (Phi) is 7.43. The average Bonchev–Trinajstić information content (AvgIpc) is 3.69. The maximum atomic E-state index is 12.2. The lowest BCUT2D eigenvalue weighted by atomic mass is 9.99. The highest BCUT2D eigenvalue weighted by Gasteiger charge is 2.49. The van der Waals surface area contributed by atoms with E-state index in [0.29, 0.717) is 11.3 Å². The van der Waals surface area contributed by atoms with Crippen LogP contribution in [0.1, 0.15) is 17.0 Å². The molecule has 6 heterocycles. The summed E-state index contributed by atoms with van der Waals surface area (Å²) in [5.41, 5.74) is 11.7. The van der Waals surface area contributed by atoms with Gasteiger partial charge < -0.3 is 40.9 Å². The van der Waals surface area contributed by atoms with E-state index < -0.39 is 59.8 Å². The van der Waals surface area contributed by atoms with Crippen LogP contribution in [-0.2, 0) is 25.6 Å². The smallest absolute Gasteiger partial charge is 0.325 e. The van der Waals surface area contributed by atoms with E-state index in [1.807, 2.05) is 0 Å². The number of aromatic amines is 1. The van der Waals surface area contributed by atoms with Gasteiger partial charge in [0.1, 0.15) is 23.9 Å². The molecule has 0 saturated carbocycles. The Labute approximate surface area is 238 Å². The maximum Gasteiger partial charge on any atom is 0.325 e. The molecule has 2 aliphatic heterocycles. The summed E-state index contributed by atoms with van der Waals surface area (Å²) in [7, 11) is 0. The van der Waals surface area contributed by atoms with E-state index in [9.17, 15) is 25.0 Å². The first-order valence-electron chi connectivity index (χ1n) is 12.0. The fourth-order valence-electron chi connectivity index (χ4n) is 4.76. The molecule has 2 fully saturated rings. The number of thioether (sulfide) groups is 1. The van der Waals surface area contributed by atoms with Crippen molar-refractivity contribution in [1.82, 2.24) is 44.5 Å². The van der Waals surface area contributed by atoms with Crippen LogP contribution < -0.4 is 17.0 Å². The summed E-state index contributed by atoms with van der Waals surface area (Å²) in [4.78, 5) is 37.6. The first kappa shape index (κ1) is 28.3. The molecule has 19 nitrogen and oxygen atoms in total. The standard InChI is InChI=1S/C19H24N11O8PS2/c20-14-16-22-1-7(29(16)24-5-23-14)6-3-36-8(11(6)32)4-37-39(35,40)38-13-12(33)9(2-31)41-18(13)30-15-10(27-28-30)17(34)26-19(21)25-15/h1,5-6,8-9,11-13,18,31-33H,2-4H2,(H,35,40)(H2,20,23,24)(H3,21,25,26,34)/t6?,8-,9-,11+,12-,13?,18-,39?/m1/s1. The Morgan fingerprint density at radius 2 is 2.07 bits per heavy atom. The molecule has 0 amide bonds. The van der Waals surface area contributed by atoms with Gasteiger partial charge in [-0.05, 0) is 11.8 Å². The van der Waals surface area contributed by atoms with E-state index >= 15 is 0 Å². The van der Waals surface area contributed by atoms with E-state index in [1.165, 1.54) is 21.7 Å². The third-order valence-corrected chi connectivity index (χ3v) is 9.85. The van der Waals surface area contributed by atoms with Crippen molar-refractivity contribution >= 4 is 58.9 Å². The van der Waals surface area contributed by atoms with Gasteiger partial charge in [-0.1, -0.05) is 5.21 Å². The van der Waals surface area contributed by atoms with Crippen molar-refractivity contribution in [2.45, 2.75) is 41.0 Å². The highest BCUT2D eigenvalue weighted by molar-refractivity contribution is 8.07. The van der Waals surface area contributed by atoms with Crippen molar-refractivity contribution in [2.75, 3.05) is 31.3 Å². The fraction of sp³-hybridized carbons (Fsp3) is 0.526. The van der Waals surface area contributed by atoms with Gasteiger partial charge in [0.05, 0.1) is 55.1 Å². The predicted molar refractivity (Wildman–Crippen MR) is 145 cm³/mol. The van der Waals surface area contributed by atoms with E-state index in [0.717, 1.165) is 11.8 Å². The van der Waals surface area contributed by atoms with Crippen molar-refractivity contribution in [1.29, 1.82) is 0 Å². The zero-order chi connectivity index (χ0) is 29.1. The number of aromatic nitrogens is 9. The van der Waals surface area contributed by atoms with E-state index in [-0.39, 0.29) is 36.1 Å². The Morgan fingerprint density at radius 3 is 2.85 bits per heavy atom. The Morgan fingerprint density at radius 1 is 1.27 bits per heavy atom. The van der Waals surface area contributed by atoms with Crippen LogP contribution in [0.3, 0.4) is 0 Å². The van der Waals surface area contributed by atoms with Gasteiger partial charge in [-0.2, -0.15) is 10.1 Å².